The molecule has 30 heavy (non-hydrogen) atoms. The van der Waals surface area contributed by atoms with Gasteiger partial charge in [0.2, 0.25) is 0 Å². The van der Waals surface area contributed by atoms with E-state index >= 15 is 0 Å². The molecule has 0 aromatic heterocycles. The van der Waals surface area contributed by atoms with Crippen LogP contribution in [-0.4, -0.2) is 42.2 Å². The molecule has 1 aliphatic carbocycles. The molecule has 0 bridgehead atoms. The highest BCUT2D eigenvalue weighted by Gasteiger charge is 2.40. The van der Waals surface area contributed by atoms with Gasteiger partial charge in [0, 0.05) is 6.04 Å². The Balaban J connectivity index is 1.46. The van der Waals surface area contributed by atoms with Crippen molar-refractivity contribution in [1.82, 2.24) is 4.90 Å². The summed E-state index contributed by atoms with van der Waals surface area (Å²) in [6.45, 7) is 3.47. The quantitative estimate of drug-likeness (QED) is 0.387. The Labute approximate surface area is 181 Å². The van der Waals surface area contributed by atoms with Crippen LogP contribution in [0.2, 0.25) is 0 Å². The van der Waals surface area contributed by atoms with Crippen molar-refractivity contribution >= 4 is 21.7 Å². The van der Waals surface area contributed by atoms with Crippen LogP contribution in [0.5, 0.6) is 0 Å². The van der Waals surface area contributed by atoms with E-state index in [1.165, 1.54) is 11.3 Å². The minimum Gasteiger partial charge on any atom is -0.271 e. The third-order valence-corrected chi connectivity index (χ3v) is 8.83. The molecule has 2 aliphatic rings. The minimum atomic E-state index is -2.93. The predicted molar refractivity (Wildman–Crippen MR) is 120 cm³/mol. The van der Waals surface area contributed by atoms with Crippen LogP contribution >= 0.6 is 0 Å². The van der Waals surface area contributed by atoms with Crippen LogP contribution in [0.3, 0.4) is 0 Å². The molecule has 0 spiro atoms. The molecule has 6 heteroatoms. The number of amides is 2. The summed E-state index contributed by atoms with van der Waals surface area (Å²) in [4.78, 5) is 27.2. The maximum Gasteiger partial charge on any atom is 0.261 e. The van der Waals surface area contributed by atoms with Crippen LogP contribution in [0.1, 0.15) is 104 Å². The first kappa shape index (κ1) is 23.0. The summed E-state index contributed by atoms with van der Waals surface area (Å²) in [5.74, 6) is 0.0447. The SMILES string of the molecule is CC(C)S(=O)(=O)CCCCCCCc1ccc2c(c1)C(=O)N(C1CCCCC1)C2=O. The maximum absolute atomic E-state index is 12.9. The van der Waals surface area contributed by atoms with Gasteiger partial charge in [0.05, 0.1) is 22.1 Å². The largest absolute Gasteiger partial charge is 0.271 e. The van der Waals surface area contributed by atoms with Crippen LogP contribution in [0.15, 0.2) is 18.2 Å². The summed E-state index contributed by atoms with van der Waals surface area (Å²) in [7, 11) is -2.93. The van der Waals surface area contributed by atoms with Crippen molar-refractivity contribution in [2.75, 3.05) is 5.75 Å². The Morgan fingerprint density at radius 1 is 0.900 bits per heavy atom. The summed E-state index contributed by atoms with van der Waals surface area (Å²) in [5, 5.41) is -0.291. The molecule has 0 atom stereocenters. The fourth-order valence-electron chi connectivity index (χ4n) is 4.53. The Kier molecular flexibility index (Phi) is 7.72. The average molecular weight is 434 g/mol. The number of carbonyl (C=O) groups is 2. The van der Waals surface area contributed by atoms with Crippen molar-refractivity contribution in [1.29, 1.82) is 0 Å². The number of hydrogen-bond acceptors (Lipinski definition) is 4. The number of sulfone groups is 1. The molecule has 1 aromatic rings. The number of rotatable bonds is 10. The number of fused-ring (bicyclic) bond motifs is 1. The van der Waals surface area contributed by atoms with Gasteiger partial charge < -0.3 is 0 Å². The molecule has 1 fully saturated rings. The lowest BCUT2D eigenvalue weighted by molar-refractivity contribution is 0.0549. The Bertz CT molecular complexity index is 869. The lowest BCUT2D eigenvalue weighted by atomic mass is 9.94. The van der Waals surface area contributed by atoms with Crippen LogP contribution in [-0.2, 0) is 16.3 Å². The van der Waals surface area contributed by atoms with E-state index in [9.17, 15) is 18.0 Å². The van der Waals surface area contributed by atoms with Gasteiger partial charge in [-0.25, -0.2) is 8.42 Å². The number of unbranched alkanes of at least 4 members (excludes halogenated alkanes) is 4. The second kappa shape index (κ2) is 10.1. The second-order valence-electron chi connectivity index (χ2n) is 9.09. The average Bonchev–Trinajstić information content (AvgIpc) is 2.97. The van der Waals surface area contributed by atoms with Crippen LogP contribution in [0.25, 0.3) is 0 Å². The van der Waals surface area contributed by atoms with E-state index < -0.39 is 9.84 Å². The van der Waals surface area contributed by atoms with Gasteiger partial charge in [0.15, 0.2) is 9.84 Å². The fraction of sp³-hybridized carbons (Fsp3) is 0.667. The highest BCUT2D eigenvalue weighted by molar-refractivity contribution is 7.91. The van der Waals surface area contributed by atoms with Crippen LogP contribution in [0.4, 0.5) is 0 Å². The topological polar surface area (TPSA) is 71.5 Å². The van der Waals surface area contributed by atoms with Gasteiger partial charge in [-0.3, -0.25) is 14.5 Å². The number of hydrogen-bond donors (Lipinski definition) is 0. The first-order valence-corrected chi connectivity index (χ1v) is 13.2. The monoisotopic (exact) mass is 433 g/mol. The van der Waals surface area contributed by atoms with Gasteiger partial charge in [-0.05, 0) is 63.6 Å². The fourth-order valence-corrected chi connectivity index (χ4v) is 5.61. The Hall–Kier alpha value is -1.69. The zero-order valence-electron chi connectivity index (χ0n) is 18.4. The van der Waals surface area contributed by atoms with E-state index in [0.717, 1.165) is 69.8 Å². The van der Waals surface area contributed by atoms with Gasteiger partial charge in [-0.1, -0.05) is 44.6 Å². The molecular formula is C24H35NO4S. The third-order valence-electron chi connectivity index (χ3n) is 6.53. The summed E-state index contributed by atoms with van der Waals surface area (Å²) in [5.41, 5.74) is 2.23. The molecular weight excluding hydrogens is 398 g/mol. The minimum absolute atomic E-state index is 0.0640. The molecule has 1 aliphatic heterocycles. The molecule has 166 valence electrons. The lowest BCUT2D eigenvalue weighted by Crippen LogP contribution is -2.40. The Morgan fingerprint density at radius 3 is 2.23 bits per heavy atom. The van der Waals surface area contributed by atoms with Crippen molar-refractivity contribution in [3.63, 3.8) is 0 Å². The third kappa shape index (κ3) is 5.32. The van der Waals surface area contributed by atoms with Crippen LogP contribution < -0.4 is 0 Å². The summed E-state index contributed by atoms with van der Waals surface area (Å²) < 4.78 is 23.6. The smallest absolute Gasteiger partial charge is 0.261 e. The van der Waals surface area contributed by atoms with Gasteiger partial charge in [-0.2, -0.15) is 0 Å². The highest BCUT2D eigenvalue weighted by Crippen LogP contribution is 2.31. The first-order valence-electron chi connectivity index (χ1n) is 11.5. The van der Waals surface area contributed by atoms with Crippen molar-refractivity contribution < 1.29 is 18.0 Å². The van der Waals surface area contributed by atoms with E-state index in [1.54, 1.807) is 13.8 Å². The van der Waals surface area contributed by atoms with Crippen molar-refractivity contribution in [2.45, 2.75) is 95.8 Å². The van der Waals surface area contributed by atoms with E-state index in [0.29, 0.717) is 11.1 Å². The van der Waals surface area contributed by atoms with Gasteiger partial charge >= 0.3 is 0 Å². The summed E-state index contributed by atoms with van der Waals surface area (Å²) in [6, 6.07) is 5.77. The van der Waals surface area contributed by atoms with Crippen molar-refractivity contribution in [2.24, 2.45) is 0 Å². The summed E-state index contributed by atoms with van der Waals surface area (Å²) >= 11 is 0. The van der Waals surface area contributed by atoms with E-state index in [1.807, 2.05) is 18.2 Å². The molecule has 0 saturated heterocycles. The van der Waals surface area contributed by atoms with Gasteiger partial charge in [0.25, 0.3) is 11.8 Å². The van der Waals surface area contributed by atoms with E-state index in [2.05, 4.69) is 0 Å². The molecule has 1 heterocycles. The number of carbonyl (C=O) groups excluding carboxylic acids is 2. The Morgan fingerprint density at radius 2 is 1.53 bits per heavy atom. The normalized spacial score (nSPS) is 17.8. The second-order valence-corrected chi connectivity index (χ2v) is 11.8. The molecule has 0 radical (unpaired) electrons. The van der Waals surface area contributed by atoms with Crippen molar-refractivity contribution in [3.05, 3.63) is 34.9 Å². The van der Waals surface area contributed by atoms with E-state index in [-0.39, 0.29) is 28.9 Å². The number of aryl methyl sites for hydroxylation is 1. The summed E-state index contributed by atoms with van der Waals surface area (Å²) in [6.07, 6.45) is 10.8. The van der Waals surface area contributed by atoms with E-state index in [4.69, 9.17) is 0 Å². The molecule has 5 nitrogen and oxygen atoms in total. The van der Waals surface area contributed by atoms with Crippen molar-refractivity contribution in [3.8, 4) is 0 Å². The zero-order chi connectivity index (χ0) is 21.7. The predicted octanol–water partition coefficient (Wildman–Crippen LogP) is 4.93. The molecule has 0 unspecified atom stereocenters. The standard InChI is InChI=1S/C24H35NO4S/c1-18(2)30(28,29)16-10-5-3-4-7-11-19-14-15-21-22(17-19)24(27)25(23(21)26)20-12-8-6-9-13-20/h14-15,17-18,20H,3-13,16H2,1-2H3. The maximum atomic E-state index is 12.9. The van der Waals surface area contributed by atoms with Gasteiger partial charge in [-0.15, -0.1) is 0 Å². The van der Waals surface area contributed by atoms with Crippen LogP contribution in [0, 0.1) is 0 Å². The number of nitrogens with zero attached hydrogens (tertiary/aromatic N) is 1. The highest BCUT2D eigenvalue weighted by atomic mass is 32.2. The molecule has 2 amide bonds. The molecule has 0 N–H and O–H groups in total. The van der Waals surface area contributed by atoms with Gasteiger partial charge in [0.1, 0.15) is 0 Å². The molecule has 1 saturated carbocycles. The first-order chi connectivity index (χ1) is 14.3. The number of benzene rings is 1. The zero-order valence-corrected chi connectivity index (χ0v) is 19.2. The lowest BCUT2D eigenvalue weighted by Gasteiger charge is -2.29. The number of imide groups is 1. The molecule has 1 aromatic carbocycles. The molecule has 3 rings (SSSR count).